The Bertz CT molecular complexity index is 1580. The molecule has 234 valence electrons. The van der Waals surface area contributed by atoms with Crippen molar-refractivity contribution in [3.05, 3.63) is 213 Å². The van der Waals surface area contributed by atoms with Gasteiger partial charge < -0.3 is 0 Å². The highest BCUT2D eigenvalue weighted by molar-refractivity contribution is 5.38. The van der Waals surface area contributed by atoms with Gasteiger partial charge in [-0.2, -0.15) is 0 Å². The second kappa shape index (κ2) is 16.6. The van der Waals surface area contributed by atoms with Crippen molar-refractivity contribution < 1.29 is 0 Å². The van der Waals surface area contributed by atoms with Crippen LogP contribution in [0.1, 0.15) is 82.3 Å². The van der Waals surface area contributed by atoms with E-state index >= 15 is 0 Å². The fourth-order valence-electron chi connectivity index (χ4n) is 6.13. The van der Waals surface area contributed by atoms with E-state index in [9.17, 15) is 0 Å². The number of hydrogen-bond donors (Lipinski definition) is 0. The molecule has 0 heterocycles. The maximum atomic E-state index is 2.28. The van der Waals surface area contributed by atoms with E-state index in [1.165, 1.54) is 55.6 Å². The zero-order valence-corrected chi connectivity index (χ0v) is 28.8. The summed E-state index contributed by atoms with van der Waals surface area (Å²) in [6, 6.07) is 56.0. The maximum absolute atomic E-state index is 2.28. The summed E-state index contributed by atoms with van der Waals surface area (Å²) >= 11 is 0. The molecule has 46 heavy (non-hydrogen) atoms. The molecule has 6 aromatic carbocycles. The molecule has 0 aromatic heterocycles. The minimum absolute atomic E-state index is 0.0858. The molecule has 0 N–H and O–H groups in total. The highest BCUT2D eigenvalue weighted by Gasteiger charge is 2.21. The van der Waals surface area contributed by atoms with Crippen molar-refractivity contribution >= 4 is 0 Å². The van der Waals surface area contributed by atoms with Crippen LogP contribution in [0.15, 0.2) is 158 Å². The predicted molar refractivity (Wildman–Crippen MR) is 200 cm³/mol. The molecule has 0 unspecified atom stereocenters. The molecule has 0 saturated heterocycles. The van der Waals surface area contributed by atoms with Gasteiger partial charge in [0.15, 0.2) is 0 Å². The van der Waals surface area contributed by atoms with E-state index in [-0.39, 0.29) is 5.41 Å². The summed E-state index contributed by atoms with van der Waals surface area (Å²) in [4.78, 5) is 0. The molecule has 0 atom stereocenters. The number of hydrogen-bond acceptors (Lipinski definition) is 0. The maximum Gasteiger partial charge on any atom is 0.0146 e. The van der Waals surface area contributed by atoms with Crippen LogP contribution in [0.4, 0.5) is 0 Å². The van der Waals surface area contributed by atoms with Crippen LogP contribution in [-0.4, -0.2) is 0 Å². The standard InChI is InChI=1S/C17H20.C15H16.C14H14/c1-12-5-13(2)8-16(7-12)11-17-9-14(3)6-15(4)10-17;1-15(2,13-9-5-3-6-10-13)14-11-7-4-8-12-14;1-12(13-8-4-2-5-9-13)14-10-6-3-7-11-14/h5-10H,11H2,1-4H3;3-12H,1-2H3;2-12H,1H3. The molecule has 0 aliphatic heterocycles. The highest BCUT2D eigenvalue weighted by atomic mass is 14.2. The summed E-state index contributed by atoms with van der Waals surface area (Å²) in [6.07, 6.45) is 1.03. The van der Waals surface area contributed by atoms with Crippen LogP contribution in [-0.2, 0) is 11.8 Å². The monoisotopic (exact) mass is 602 g/mol. The molecule has 0 amide bonds. The second-order valence-corrected chi connectivity index (χ2v) is 13.1. The van der Waals surface area contributed by atoms with Gasteiger partial charge in [-0.3, -0.25) is 0 Å². The van der Waals surface area contributed by atoms with Gasteiger partial charge >= 0.3 is 0 Å². The summed E-state index contributed by atoms with van der Waals surface area (Å²) in [5.41, 5.74) is 13.8. The van der Waals surface area contributed by atoms with Crippen molar-refractivity contribution in [1.82, 2.24) is 0 Å². The molecule has 0 heteroatoms. The fraction of sp³-hybridized carbons (Fsp3) is 0.217. The van der Waals surface area contributed by atoms with Crippen LogP contribution in [0.5, 0.6) is 0 Å². The zero-order chi connectivity index (χ0) is 32.9. The lowest BCUT2D eigenvalue weighted by molar-refractivity contribution is 0.641. The van der Waals surface area contributed by atoms with Crippen LogP contribution in [0.2, 0.25) is 0 Å². The summed E-state index contributed by atoms with van der Waals surface area (Å²) in [6.45, 7) is 15.4. The summed E-state index contributed by atoms with van der Waals surface area (Å²) in [7, 11) is 0. The van der Waals surface area contributed by atoms with Crippen molar-refractivity contribution in [2.45, 2.75) is 66.2 Å². The molecular formula is C46H50. The van der Waals surface area contributed by atoms with E-state index in [0.717, 1.165) is 6.42 Å². The largest absolute Gasteiger partial charge is 0.0622 e. The Hall–Kier alpha value is -4.68. The van der Waals surface area contributed by atoms with Crippen molar-refractivity contribution in [3.63, 3.8) is 0 Å². The average molecular weight is 603 g/mol. The van der Waals surface area contributed by atoms with Crippen LogP contribution in [0.25, 0.3) is 0 Å². The Morgan fingerprint density at radius 2 is 0.696 bits per heavy atom. The van der Waals surface area contributed by atoms with Crippen molar-refractivity contribution in [2.24, 2.45) is 0 Å². The normalized spacial score (nSPS) is 10.8. The smallest absolute Gasteiger partial charge is 0.0146 e. The Morgan fingerprint density at radius 1 is 0.413 bits per heavy atom. The Labute approximate surface area is 278 Å². The average Bonchev–Trinajstić information content (AvgIpc) is 3.06. The lowest BCUT2D eigenvalue weighted by atomic mass is 9.78. The molecule has 6 rings (SSSR count). The van der Waals surface area contributed by atoms with Crippen LogP contribution >= 0.6 is 0 Å². The quantitative estimate of drug-likeness (QED) is 0.178. The minimum atomic E-state index is 0.0858. The first-order valence-corrected chi connectivity index (χ1v) is 16.5. The molecule has 0 nitrogen and oxygen atoms in total. The van der Waals surface area contributed by atoms with Gasteiger partial charge in [0.1, 0.15) is 0 Å². The Kier molecular flexibility index (Phi) is 12.3. The van der Waals surface area contributed by atoms with Crippen molar-refractivity contribution in [2.75, 3.05) is 0 Å². The third-order valence-corrected chi connectivity index (χ3v) is 8.56. The van der Waals surface area contributed by atoms with Gasteiger partial charge in [0.25, 0.3) is 0 Å². The molecule has 0 aliphatic carbocycles. The van der Waals surface area contributed by atoms with Gasteiger partial charge in [-0.05, 0) is 67.5 Å². The predicted octanol–water partition coefficient (Wildman–Crippen LogP) is 12.4. The second-order valence-electron chi connectivity index (χ2n) is 13.1. The van der Waals surface area contributed by atoms with Gasteiger partial charge in [0, 0.05) is 11.3 Å². The van der Waals surface area contributed by atoms with E-state index in [0.29, 0.717) is 5.92 Å². The molecule has 6 aromatic rings. The van der Waals surface area contributed by atoms with Crippen molar-refractivity contribution in [3.8, 4) is 0 Å². The first-order chi connectivity index (χ1) is 22.1. The SMILES string of the molecule is CC(C)(c1ccccc1)c1ccccc1.CC(c1ccccc1)c1ccccc1.Cc1cc(C)cc(Cc2cc(C)cc(C)c2)c1. The molecule has 0 bridgehead atoms. The summed E-state index contributed by atoms with van der Waals surface area (Å²) < 4.78 is 0. The molecular weight excluding hydrogens is 553 g/mol. The fourth-order valence-corrected chi connectivity index (χ4v) is 6.13. The number of benzene rings is 6. The molecule has 0 saturated carbocycles. The van der Waals surface area contributed by atoms with Crippen molar-refractivity contribution in [1.29, 1.82) is 0 Å². The van der Waals surface area contributed by atoms with Gasteiger partial charge in [0.2, 0.25) is 0 Å². The Morgan fingerprint density at radius 3 is 1.00 bits per heavy atom. The highest BCUT2D eigenvalue weighted by Crippen LogP contribution is 2.30. The first kappa shape index (κ1) is 34.2. The van der Waals surface area contributed by atoms with E-state index in [1.54, 1.807) is 0 Å². The summed E-state index contributed by atoms with van der Waals surface area (Å²) in [5, 5.41) is 0. The van der Waals surface area contributed by atoms with Crippen LogP contribution in [0.3, 0.4) is 0 Å². The van der Waals surface area contributed by atoms with Gasteiger partial charge in [-0.15, -0.1) is 0 Å². The number of aryl methyl sites for hydroxylation is 4. The van der Waals surface area contributed by atoms with Gasteiger partial charge in [-0.25, -0.2) is 0 Å². The zero-order valence-electron chi connectivity index (χ0n) is 28.8. The van der Waals surface area contributed by atoms with E-state index in [4.69, 9.17) is 0 Å². The topological polar surface area (TPSA) is 0 Å². The lowest BCUT2D eigenvalue weighted by Gasteiger charge is -2.25. The first-order valence-electron chi connectivity index (χ1n) is 16.5. The third kappa shape index (κ3) is 10.2. The van der Waals surface area contributed by atoms with E-state index < -0.39 is 0 Å². The van der Waals surface area contributed by atoms with E-state index in [2.05, 4.69) is 206 Å². The van der Waals surface area contributed by atoms with E-state index in [1.807, 2.05) is 0 Å². The van der Waals surface area contributed by atoms with Crippen LogP contribution < -0.4 is 0 Å². The minimum Gasteiger partial charge on any atom is -0.0622 e. The molecule has 0 fully saturated rings. The summed E-state index contributed by atoms with van der Waals surface area (Å²) in [5.74, 6) is 0.484. The van der Waals surface area contributed by atoms with Crippen LogP contribution in [0, 0.1) is 27.7 Å². The lowest BCUT2D eigenvalue weighted by Crippen LogP contribution is -2.18. The number of rotatable bonds is 6. The third-order valence-electron chi connectivity index (χ3n) is 8.56. The molecule has 0 spiro atoms. The van der Waals surface area contributed by atoms with Gasteiger partial charge in [-0.1, -0.05) is 201 Å². The molecule has 0 radical (unpaired) electrons. The molecule has 0 aliphatic rings. The Balaban J connectivity index is 0.000000157. The van der Waals surface area contributed by atoms with Gasteiger partial charge in [0.05, 0.1) is 0 Å².